The van der Waals surface area contributed by atoms with Gasteiger partial charge in [-0.05, 0) is 44.0 Å². The van der Waals surface area contributed by atoms with Gasteiger partial charge in [0, 0.05) is 18.7 Å². The first-order valence-electron chi connectivity index (χ1n) is 6.19. The standard InChI is InChI=1S/C14H21NO2/c1-4-6-9-15(5-2)14(17)12-7-8-13(16)11(3)10-12/h7-8,10,16H,4-6,9H2,1-3H3. The molecule has 1 rings (SSSR count). The number of nitrogens with zero attached hydrogens (tertiary/aromatic N) is 1. The predicted octanol–water partition coefficient (Wildman–Crippen LogP) is 2.96. The van der Waals surface area contributed by atoms with E-state index in [2.05, 4.69) is 6.92 Å². The lowest BCUT2D eigenvalue weighted by molar-refractivity contribution is 0.0762. The van der Waals surface area contributed by atoms with Gasteiger partial charge in [-0.3, -0.25) is 4.79 Å². The Morgan fingerprint density at radius 3 is 2.59 bits per heavy atom. The van der Waals surface area contributed by atoms with Gasteiger partial charge in [0.15, 0.2) is 0 Å². The van der Waals surface area contributed by atoms with Gasteiger partial charge in [-0.15, -0.1) is 0 Å². The van der Waals surface area contributed by atoms with Gasteiger partial charge in [0.1, 0.15) is 5.75 Å². The predicted molar refractivity (Wildman–Crippen MR) is 69.3 cm³/mol. The summed E-state index contributed by atoms with van der Waals surface area (Å²) in [7, 11) is 0. The van der Waals surface area contributed by atoms with E-state index >= 15 is 0 Å². The van der Waals surface area contributed by atoms with Crippen LogP contribution in [0.5, 0.6) is 5.75 Å². The Labute approximate surface area is 103 Å². The van der Waals surface area contributed by atoms with Crippen LogP contribution in [0.4, 0.5) is 0 Å². The molecule has 0 bridgehead atoms. The van der Waals surface area contributed by atoms with Gasteiger partial charge in [-0.25, -0.2) is 0 Å². The SMILES string of the molecule is CCCCN(CC)C(=O)c1ccc(O)c(C)c1. The smallest absolute Gasteiger partial charge is 0.253 e. The molecule has 0 radical (unpaired) electrons. The Balaban J connectivity index is 2.82. The fourth-order valence-electron chi connectivity index (χ4n) is 1.72. The summed E-state index contributed by atoms with van der Waals surface area (Å²) in [5, 5.41) is 9.44. The van der Waals surface area contributed by atoms with Gasteiger partial charge >= 0.3 is 0 Å². The number of hydrogen-bond acceptors (Lipinski definition) is 2. The zero-order chi connectivity index (χ0) is 12.8. The van der Waals surface area contributed by atoms with Crippen LogP contribution < -0.4 is 0 Å². The molecule has 0 unspecified atom stereocenters. The minimum atomic E-state index is 0.0454. The molecular formula is C14H21NO2. The van der Waals surface area contributed by atoms with E-state index in [0.29, 0.717) is 5.56 Å². The van der Waals surface area contributed by atoms with E-state index in [9.17, 15) is 9.90 Å². The molecule has 0 saturated heterocycles. The maximum Gasteiger partial charge on any atom is 0.253 e. The van der Waals surface area contributed by atoms with Crippen LogP contribution in [-0.4, -0.2) is 29.0 Å². The molecular weight excluding hydrogens is 214 g/mol. The maximum atomic E-state index is 12.2. The molecule has 0 atom stereocenters. The summed E-state index contributed by atoms with van der Waals surface area (Å²) in [6, 6.07) is 5.00. The molecule has 0 heterocycles. The van der Waals surface area contributed by atoms with E-state index in [1.165, 1.54) is 0 Å². The topological polar surface area (TPSA) is 40.5 Å². The van der Waals surface area contributed by atoms with Crippen LogP contribution >= 0.6 is 0 Å². The lowest BCUT2D eigenvalue weighted by Crippen LogP contribution is -2.31. The average Bonchev–Trinajstić information content (AvgIpc) is 2.33. The molecule has 17 heavy (non-hydrogen) atoms. The third-order valence-electron chi connectivity index (χ3n) is 2.89. The van der Waals surface area contributed by atoms with Crippen LogP contribution in [0.1, 0.15) is 42.6 Å². The van der Waals surface area contributed by atoms with Crippen LogP contribution in [-0.2, 0) is 0 Å². The number of rotatable bonds is 5. The van der Waals surface area contributed by atoms with Crippen molar-refractivity contribution in [2.24, 2.45) is 0 Å². The van der Waals surface area contributed by atoms with E-state index in [4.69, 9.17) is 0 Å². The van der Waals surface area contributed by atoms with Gasteiger partial charge in [-0.2, -0.15) is 0 Å². The molecule has 3 nitrogen and oxygen atoms in total. The van der Waals surface area contributed by atoms with Crippen LogP contribution in [0.3, 0.4) is 0 Å². The van der Waals surface area contributed by atoms with Crippen molar-refractivity contribution < 1.29 is 9.90 Å². The summed E-state index contributed by atoms with van der Waals surface area (Å²) >= 11 is 0. The molecule has 0 aliphatic carbocycles. The molecule has 0 aliphatic heterocycles. The lowest BCUT2D eigenvalue weighted by Gasteiger charge is -2.20. The highest BCUT2D eigenvalue weighted by molar-refractivity contribution is 5.94. The molecule has 1 N–H and O–H groups in total. The van der Waals surface area contributed by atoms with Gasteiger partial charge < -0.3 is 10.0 Å². The zero-order valence-corrected chi connectivity index (χ0v) is 10.9. The Morgan fingerprint density at radius 2 is 2.06 bits per heavy atom. The second kappa shape index (κ2) is 6.28. The van der Waals surface area contributed by atoms with E-state index < -0.39 is 0 Å². The first kappa shape index (κ1) is 13.6. The number of amides is 1. The van der Waals surface area contributed by atoms with E-state index in [-0.39, 0.29) is 11.7 Å². The maximum absolute atomic E-state index is 12.2. The summed E-state index contributed by atoms with van der Waals surface area (Å²) in [6.07, 6.45) is 2.11. The van der Waals surface area contributed by atoms with Gasteiger partial charge in [0.05, 0.1) is 0 Å². The van der Waals surface area contributed by atoms with Gasteiger partial charge in [0.2, 0.25) is 0 Å². The fraction of sp³-hybridized carbons (Fsp3) is 0.500. The van der Waals surface area contributed by atoms with Crippen molar-refractivity contribution >= 4 is 5.91 Å². The summed E-state index contributed by atoms with van der Waals surface area (Å²) in [5.41, 5.74) is 1.39. The summed E-state index contributed by atoms with van der Waals surface area (Å²) in [4.78, 5) is 14.0. The van der Waals surface area contributed by atoms with E-state index in [1.54, 1.807) is 25.1 Å². The minimum Gasteiger partial charge on any atom is -0.508 e. The molecule has 1 aromatic rings. The van der Waals surface area contributed by atoms with Crippen molar-refractivity contribution in [3.8, 4) is 5.75 Å². The number of aromatic hydroxyl groups is 1. The van der Waals surface area contributed by atoms with Gasteiger partial charge in [0.25, 0.3) is 5.91 Å². The first-order valence-corrected chi connectivity index (χ1v) is 6.19. The molecule has 0 fully saturated rings. The highest BCUT2D eigenvalue weighted by Crippen LogP contribution is 2.18. The Morgan fingerprint density at radius 1 is 1.35 bits per heavy atom. The first-order chi connectivity index (χ1) is 8.10. The molecule has 0 aliphatic rings. The summed E-state index contributed by atoms with van der Waals surface area (Å²) < 4.78 is 0. The lowest BCUT2D eigenvalue weighted by atomic mass is 10.1. The second-order valence-corrected chi connectivity index (χ2v) is 4.24. The van der Waals surface area contributed by atoms with Crippen LogP contribution in [0, 0.1) is 6.92 Å². The fourth-order valence-corrected chi connectivity index (χ4v) is 1.72. The van der Waals surface area contributed by atoms with Crippen molar-refractivity contribution in [1.29, 1.82) is 0 Å². The molecule has 3 heteroatoms. The number of benzene rings is 1. The Bertz CT molecular complexity index is 388. The minimum absolute atomic E-state index is 0.0454. The number of phenolic OH excluding ortho intramolecular Hbond substituents is 1. The Hall–Kier alpha value is -1.51. The number of carbonyl (C=O) groups is 1. The summed E-state index contributed by atoms with van der Waals surface area (Å²) in [5.74, 6) is 0.280. The van der Waals surface area contributed by atoms with Crippen LogP contribution in [0.15, 0.2) is 18.2 Å². The number of aryl methyl sites for hydroxylation is 1. The number of hydrogen-bond donors (Lipinski definition) is 1. The molecule has 94 valence electrons. The van der Waals surface area contributed by atoms with Gasteiger partial charge in [-0.1, -0.05) is 13.3 Å². The average molecular weight is 235 g/mol. The monoisotopic (exact) mass is 235 g/mol. The van der Waals surface area contributed by atoms with Crippen molar-refractivity contribution in [2.45, 2.75) is 33.6 Å². The highest BCUT2D eigenvalue weighted by atomic mass is 16.3. The third kappa shape index (κ3) is 3.48. The molecule has 1 amide bonds. The normalized spacial score (nSPS) is 10.3. The van der Waals surface area contributed by atoms with Crippen LogP contribution in [0.25, 0.3) is 0 Å². The molecule has 0 spiro atoms. The molecule has 0 aromatic heterocycles. The van der Waals surface area contributed by atoms with Crippen molar-refractivity contribution in [3.63, 3.8) is 0 Å². The number of phenols is 1. The van der Waals surface area contributed by atoms with Crippen molar-refractivity contribution in [2.75, 3.05) is 13.1 Å². The van der Waals surface area contributed by atoms with Crippen LogP contribution in [0.2, 0.25) is 0 Å². The zero-order valence-electron chi connectivity index (χ0n) is 10.9. The number of carbonyl (C=O) groups excluding carboxylic acids is 1. The molecule has 0 saturated carbocycles. The van der Waals surface area contributed by atoms with E-state index in [0.717, 1.165) is 31.5 Å². The largest absolute Gasteiger partial charge is 0.508 e. The molecule has 1 aromatic carbocycles. The quantitative estimate of drug-likeness (QED) is 0.852. The third-order valence-corrected chi connectivity index (χ3v) is 2.89. The van der Waals surface area contributed by atoms with E-state index in [1.807, 2.05) is 11.8 Å². The van der Waals surface area contributed by atoms with Crippen molar-refractivity contribution in [1.82, 2.24) is 4.90 Å². The number of unbranched alkanes of at least 4 members (excludes halogenated alkanes) is 1. The summed E-state index contributed by atoms with van der Waals surface area (Å²) in [6.45, 7) is 7.42. The second-order valence-electron chi connectivity index (χ2n) is 4.24. The van der Waals surface area contributed by atoms with Crippen molar-refractivity contribution in [3.05, 3.63) is 29.3 Å². The Kier molecular flexibility index (Phi) is 5.01. The highest BCUT2D eigenvalue weighted by Gasteiger charge is 2.14.